The standard InChI is InChI=1S/C21H26N2O/c1-3-15(2)20(22)21(24)23-13-17-11-7-8-12-18(17)19(14-23)16-9-5-4-6-10-16/h4-12,15,19-20H,3,13-14,22H2,1-2H3. The Morgan fingerprint density at radius 1 is 1.17 bits per heavy atom. The zero-order valence-corrected chi connectivity index (χ0v) is 14.5. The molecule has 0 bridgehead atoms. The Morgan fingerprint density at radius 2 is 1.83 bits per heavy atom. The summed E-state index contributed by atoms with van der Waals surface area (Å²) < 4.78 is 0. The SMILES string of the molecule is CCC(C)C(N)C(=O)N1Cc2ccccc2C(c2ccccc2)C1. The molecule has 3 heteroatoms. The van der Waals surface area contributed by atoms with E-state index in [9.17, 15) is 4.79 Å². The lowest BCUT2D eigenvalue weighted by molar-refractivity contribution is -0.134. The van der Waals surface area contributed by atoms with E-state index < -0.39 is 6.04 Å². The van der Waals surface area contributed by atoms with Crippen LogP contribution in [0.25, 0.3) is 0 Å². The quantitative estimate of drug-likeness (QED) is 0.936. The highest BCUT2D eigenvalue weighted by Crippen LogP contribution is 2.33. The van der Waals surface area contributed by atoms with E-state index in [1.807, 2.05) is 17.0 Å². The Kier molecular flexibility index (Phi) is 5.00. The molecule has 2 aromatic carbocycles. The van der Waals surface area contributed by atoms with Crippen LogP contribution in [0.5, 0.6) is 0 Å². The highest BCUT2D eigenvalue weighted by Gasteiger charge is 2.32. The van der Waals surface area contributed by atoms with Crippen LogP contribution >= 0.6 is 0 Å². The van der Waals surface area contributed by atoms with Gasteiger partial charge >= 0.3 is 0 Å². The normalized spacial score (nSPS) is 19.5. The molecular weight excluding hydrogens is 296 g/mol. The Balaban J connectivity index is 1.92. The van der Waals surface area contributed by atoms with E-state index in [1.165, 1.54) is 16.7 Å². The van der Waals surface area contributed by atoms with Crippen molar-refractivity contribution < 1.29 is 4.79 Å². The molecule has 1 amide bonds. The van der Waals surface area contributed by atoms with E-state index in [4.69, 9.17) is 5.73 Å². The molecule has 24 heavy (non-hydrogen) atoms. The minimum absolute atomic E-state index is 0.0692. The third kappa shape index (κ3) is 3.22. The number of amides is 1. The van der Waals surface area contributed by atoms with E-state index in [0.717, 1.165) is 6.42 Å². The number of benzene rings is 2. The molecule has 2 N–H and O–H groups in total. The van der Waals surface area contributed by atoms with Crippen LogP contribution in [-0.2, 0) is 11.3 Å². The first kappa shape index (κ1) is 16.7. The summed E-state index contributed by atoms with van der Waals surface area (Å²) >= 11 is 0. The number of nitrogens with two attached hydrogens (primary N) is 1. The fourth-order valence-corrected chi connectivity index (χ4v) is 3.45. The van der Waals surface area contributed by atoms with Crippen LogP contribution in [0.3, 0.4) is 0 Å². The van der Waals surface area contributed by atoms with E-state index in [2.05, 4.69) is 56.3 Å². The van der Waals surface area contributed by atoms with Crippen LogP contribution in [0.4, 0.5) is 0 Å². The van der Waals surface area contributed by atoms with Gasteiger partial charge in [-0.2, -0.15) is 0 Å². The Hall–Kier alpha value is -2.13. The topological polar surface area (TPSA) is 46.3 Å². The first-order chi connectivity index (χ1) is 11.6. The van der Waals surface area contributed by atoms with Gasteiger partial charge in [0.1, 0.15) is 0 Å². The summed E-state index contributed by atoms with van der Waals surface area (Å²) in [4.78, 5) is 14.8. The number of hydrogen-bond donors (Lipinski definition) is 1. The third-order valence-corrected chi connectivity index (χ3v) is 5.25. The molecule has 1 aliphatic rings. The lowest BCUT2D eigenvalue weighted by Crippen LogP contribution is -2.49. The highest BCUT2D eigenvalue weighted by molar-refractivity contribution is 5.82. The fraction of sp³-hybridized carbons (Fsp3) is 0.381. The highest BCUT2D eigenvalue weighted by atomic mass is 16.2. The van der Waals surface area contributed by atoms with Crippen LogP contribution in [-0.4, -0.2) is 23.4 Å². The zero-order chi connectivity index (χ0) is 17.1. The maximum Gasteiger partial charge on any atom is 0.240 e. The van der Waals surface area contributed by atoms with Gasteiger partial charge in [0, 0.05) is 19.0 Å². The van der Waals surface area contributed by atoms with Crippen molar-refractivity contribution in [1.82, 2.24) is 4.90 Å². The van der Waals surface area contributed by atoms with Gasteiger partial charge in [-0.15, -0.1) is 0 Å². The number of carbonyl (C=O) groups is 1. The largest absolute Gasteiger partial charge is 0.336 e. The van der Waals surface area contributed by atoms with E-state index in [0.29, 0.717) is 13.1 Å². The number of carbonyl (C=O) groups excluding carboxylic acids is 1. The van der Waals surface area contributed by atoms with Gasteiger partial charge in [-0.25, -0.2) is 0 Å². The van der Waals surface area contributed by atoms with Crippen molar-refractivity contribution in [3.05, 3.63) is 71.3 Å². The van der Waals surface area contributed by atoms with Crippen LogP contribution in [0.2, 0.25) is 0 Å². The molecule has 1 heterocycles. The van der Waals surface area contributed by atoms with Gasteiger partial charge in [0.05, 0.1) is 6.04 Å². The molecule has 3 rings (SSSR count). The molecule has 0 saturated carbocycles. The fourth-order valence-electron chi connectivity index (χ4n) is 3.45. The lowest BCUT2D eigenvalue weighted by Gasteiger charge is -2.37. The van der Waals surface area contributed by atoms with Crippen molar-refractivity contribution >= 4 is 5.91 Å². The first-order valence-corrected chi connectivity index (χ1v) is 8.79. The average molecular weight is 322 g/mol. The van der Waals surface area contributed by atoms with Crippen LogP contribution in [0.15, 0.2) is 54.6 Å². The Morgan fingerprint density at radius 3 is 2.54 bits per heavy atom. The second kappa shape index (κ2) is 7.18. The van der Waals surface area contributed by atoms with Gasteiger partial charge in [-0.3, -0.25) is 4.79 Å². The molecule has 0 aromatic heterocycles. The molecular formula is C21H26N2O. The summed E-state index contributed by atoms with van der Waals surface area (Å²) in [6.07, 6.45) is 0.916. The van der Waals surface area contributed by atoms with Crippen LogP contribution in [0.1, 0.15) is 42.9 Å². The summed E-state index contributed by atoms with van der Waals surface area (Å²) in [5.41, 5.74) is 10.0. The van der Waals surface area contributed by atoms with Gasteiger partial charge in [0.2, 0.25) is 5.91 Å². The molecule has 0 aliphatic carbocycles. The zero-order valence-electron chi connectivity index (χ0n) is 14.5. The molecule has 1 aliphatic heterocycles. The monoisotopic (exact) mass is 322 g/mol. The van der Waals surface area contributed by atoms with Gasteiger partial charge in [0.25, 0.3) is 0 Å². The lowest BCUT2D eigenvalue weighted by atomic mass is 9.84. The summed E-state index contributed by atoms with van der Waals surface area (Å²) in [6, 6.07) is 18.4. The molecule has 126 valence electrons. The van der Waals surface area contributed by atoms with E-state index in [1.54, 1.807) is 0 Å². The second-order valence-corrected chi connectivity index (χ2v) is 6.79. The average Bonchev–Trinajstić information content (AvgIpc) is 2.65. The van der Waals surface area contributed by atoms with Crippen molar-refractivity contribution in [3.63, 3.8) is 0 Å². The molecule has 3 atom stereocenters. The van der Waals surface area contributed by atoms with Crippen molar-refractivity contribution in [1.29, 1.82) is 0 Å². The van der Waals surface area contributed by atoms with Gasteiger partial charge in [-0.1, -0.05) is 74.9 Å². The van der Waals surface area contributed by atoms with Gasteiger partial charge < -0.3 is 10.6 Å². The maximum atomic E-state index is 12.9. The summed E-state index contributed by atoms with van der Waals surface area (Å²) in [5.74, 6) is 0.480. The van der Waals surface area contributed by atoms with Gasteiger partial charge in [0.15, 0.2) is 0 Å². The van der Waals surface area contributed by atoms with Crippen molar-refractivity contribution in [2.75, 3.05) is 6.54 Å². The Bertz CT molecular complexity index is 698. The van der Waals surface area contributed by atoms with Crippen LogP contribution in [0, 0.1) is 5.92 Å². The number of hydrogen-bond acceptors (Lipinski definition) is 2. The predicted octanol–water partition coefficient (Wildman–Crippen LogP) is 3.53. The van der Waals surface area contributed by atoms with Crippen molar-refractivity contribution in [2.45, 2.75) is 38.8 Å². The Labute approximate surface area is 144 Å². The molecule has 0 spiro atoms. The maximum absolute atomic E-state index is 12.9. The van der Waals surface area contributed by atoms with Crippen LogP contribution < -0.4 is 5.73 Å². The molecule has 2 aromatic rings. The minimum atomic E-state index is -0.420. The number of rotatable bonds is 4. The molecule has 0 saturated heterocycles. The summed E-state index contributed by atoms with van der Waals surface area (Å²) in [5, 5.41) is 0. The summed E-state index contributed by atoms with van der Waals surface area (Å²) in [7, 11) is 0. The number of nitrogens with zero attached hydrogens (tertiary/aromatic N) is 1. The molecule has 0 radical (unpaired) electrons. The van der Waals surface area contributed by atoms with Gasteiger partial charge in [-0.05, 0) is 22.6 Å². The van der Waals surface area contributed by atoms with Crippen molar-refractivity contribution in [2.24, 2.45) is 11.7 Å². The second-order valence-electron chi connectivity index (χ2n) is 6.79. The van der Waals surface area contributed by atoms with E-state index in [-0.39, 0.29) is 17.7 Å². The van der Waals surface area contributed by atoms with Crippen molar-refractivity contribution in [3.8, 4) is 0 Å². The molecule has 3 unspecified atom stereocenters. The van der Waals surface area contributed by atoms with E-state index >= 15 is 0 Å². The predicted molar refractivity (Wildman–Crippen MR) is 97.6 cm³/mol. The number of fused-ring (bicyclic) bond motifs is 1. The first-order valence-electron chi connectivity index (χ1n) is 8.79. The third-order valence-electron chi connectivity index (χ3n) is 5.25. The molecule has 3 nitrogen and oxygen atoms in total. The smallest absolute Gasteiger partial charge is 0.240 e. The minimum Gasteiger partial charge on any atom is -0.336 e. The summed E-state index contributed by atoms with van der Waals surface area (Å²) in [6.45, 7) is 5.48. The molecule has 0 fully saturated rings.